The first-order valence-electron chi connectivity index (χ1n) is 6.38. The first kappa shape index (κ1) is 16.4. The first-order chi connectivity index (χ1) is 9.38. The standard InChI is InChI=1S/C14H19F2NO3/c1-9(2)7-13(19)17-8-12(18)10-3-5-11(6-4-10)20-14(15)16/h3-6,9,12,14,18H,7-8H2,1-2H3,(H,17,19). The van der Waals surface area contributed by atoms with Crippen LogP contribution in [-0.4, -0.2) is 24.2 Å². The number of aliphatic hydroxyl groups excluding tert-OH is 1. The van der Waals surface area contributed by atoms with Gasteiger partial charge in [-0.15, -0.1) is 0 Å². The van der Waals surface area contributed by atoms with Crippen molar-refractivity contribution in [2.75, 3.05) is 6.54 Å². The molecule has 0 aromatic heterocycles. The maximum Gasteiger partial charge on any atom is 0.387 e. The van der Waals surface area contributed by atoms with Crippen LogP contribution in [0.4, 0.5) is 8.78 Å². The Balaban J connectivity index is 2.47. The molecule has 1 aromatic carbocycles. The zero-order valence-corrected chi connectivity index (χ0v) is 11.5. The van der Waals surface area contributed by atoms with Gasteiger partial charge in [-0.05, 0) is 23.6 Å². The average Bonchev–Trinajstić information content (AvgIpc) is 2.35. The predicted octanol–water partition coefficient (Wildman–Crippen LogP) is 2.48. The molecule has 112 valence electrons. The zero-order chi connectivity index (χ0) is 15.1. The van der Waals surface area contributed by atoms with E-state index in [-0.39, 0.29) is 24.1 Å². The van der Waals surface area contributed by atoms with E-state index in [1.807, 2.05) is 13.8 Å². The lowest BCUT2D eigenvalue weighted by molar-refractivity contribution is -0.122. The van der Waals surface area contributed by atoms with E-state index in [2.05, 4.69) is 10.1 Å². The van der Waals surface area contributed by atoms with E-state index in [0.717, 1.165) is 0 Å². The van der Waals surface area contributed by atoms with Gasteiger partial charge in [0.1, 0.15) is 5.75 Å². The van der Waals surface area contributed by atoms with Crippen molar-refractivity contribution < 1.29 is 23.4 Å². The highest BCUT2D eigenvalue weighted by Gasteiger charge is 2.11. The Morgan fingerprint density at radius 2 is 1.90 bits per heavy atom. The van der Waals surface area contributed by atoms with Crippen LogP contribution < -0.4 is 10.1 Å². The number of halogens is 2. The normalized spacial score (nSPS) is 12.6. The van der Waals surface area contributed by atoms with Gasteiger partial charge >= 0.3 is 6.61 Å². The van der Waals surface area contributed by atoms with Gasteiger partial charge in [-0.25, -0.2) is 0 Å². The fourth-order valence-corrected chi connectivity index (χ4v) is 1.64. The molecule has 1 unspecified atom stereocenters. The van der Waals surface area contributed by atoms with Gasteiger partial charge in [0.05, 0.1) is 6.10 Å². The van der Waals surface area contributed by atoms with Crippen LogP contribution in [0.3, 0.4) is 0 Å². The van der Waals surface area contributed by atoms with Crippen molar-refractivity contribution in [1.82, 2.24) is 5.32 Å². The molecule has 20 heavy (non-hydrogen) atoms. The molecule has 6 heteroatoms. The molecule has 0 fully saturated rings. The molecule has 0 aliphatic heterocycles. The predicted molar refractivity (Wildman–Crippen MR) is 70.5 cm³/mol. The van der Waals surface area contributed by atoms with E-state index in [1.54, 1.807) is 0 Å². The van der Waals surface area contributed by atoms with Crippen molar-refractivity contribution in [2.24, 2.45) is 5.92 Å². The lowest BCUT2D eigenvalue weighted by atomic mass is 10.1. The highest BCUT2D eigenvalue weighted by atomic mass is 19.3. The highest BCUT2D eigenvalue weighted by Crippen LogP contribution is 2.19. The third-order valence-electron chi connectivity index (χ3n) is 2.58. The van der Waals surface area contributed by atoms with Crippen LogP contribution in [0.15, 0.2) is 24.3 Å². The molecule has 0 saturated carbocycles. The van der Waals surface area contributed by atoms with Crippen LogP contribution in [0.25, 0.3) is 0 Å². The molecule has 1 amide bonds. The molecule has 1 atom stereocenters. The molecule has 2 N–H and O–H groups in total. The maximum atomic E-state index is 12.0. The van der Waals surface area contributed by atoms with Crippen LogP contribution in [0.5, 0.6) is 5.75 Å². The van der Waals surface area contributed by atoms with Crippen LogP contribution >= 0.6 is 0 Å². The topological polar surface area (TPSA) is 58.6 Å². The molecule has 1 rings (SSSR count). The molecular formula is C14H19F2NO3. The van der Waals surface area contributed by atoms with Crippen LogP contribution in [0.1, 0.15) is 31.9 Å². The number of aliphatic hydroxyl groups is 1. The number of carbonyl (C=O) groups is 1. The molecule has 0 radical (unpaired) electrons. The van der Waals surface area contributed by atoms with E-state index in [1.165, 1.54) is 24.3 Å². The van der Waals surface area contributed by atoms with Crippen LogP contribution in [0, 0.1) is 5.92 Å². The number of amides is 1. The molecular weight excluding hydrogens is 268 g/mol. The van der Waals surface area contributed by atoms with Gasteiger partial charge in [0.15, 0.2) is 0 Å². The molecule has 1 aromatic rings. The molecule has 0 bridgehead atoms. The van der Waals surface area contributed by atoms with E-state index < -0.39 is 12.7 Å². The van der Waals surface area contributed by atoms with Crippen molar-refractivity contribution in [1.29, 1.82) is 0 Å². The third-order valence-corrected chi connectivity index (χ3v) is 2.58. The average molecular weight is 287 g/mol. The maximum absolute atomic E-state index is 12.0. The van der Waals surface area contributed by atoms with Gasteiger partial charge in [-0.3, -0.25) is 4.79 Å². The van der Waals surface area contributed by atoms with Crippen molar-refractivity contribution >= 4 is 5.91 Å². The summed E-state index contributed by atoms with van der Waals surface area (Å²) in [5.74, 6) is 0.148. The minimum absolute atomic E-state index is 0.0276. The van der Waals surface area contributed by atoms with E-state index in [4.69, 9.17) is 0 Å². The zero-order valence-electron chi connectivity index (χ0n) is 11.5. The second-order valence-electron chi connectivity index (χ2n) is 4.87. The summed E-state index contributed by atoms with van der Waals surface area (Å²) >= 11 is 0. The second-order valence-corrected chi connectivity index (χ2v) is 4.87. The van der Waals surface area contributed by atoms with Gasteiger partial charge in [0, 0.05) is 13.0 Å². The number of alkyl halides is 2. The van der Waals surface area contributed by atoms with E-state index in [0.29, 0.717) is 12.0 Å². The molecule has 0 heterocycles. The quantitative estimate of drug-likeness (QED) is 0.810. The lowest BCUT2D eigenvalue weighted by Crippen LogP contribution is -2.29. The number of hydrogen-bond acceptors (Lipinski definition) is 3. The second kappa shape index (κ2) is 7.79. The molecule has 0 spiro atoms. The van der Waals surface area contributed by atoms with Gasteiger partial charge < -0.3 is 15.2 Å². The minimum atomic E-state index is -2.87. The summed E-state index contributed by atoms with van der Waals surface area (Å²) in [6.07, 6.45) is -0.486. The van der Waals surface area contributed by atoms with Gasteiger partial charge in [-0.1, -0.05) is 26.0 Å². The van der Waals surface area contributed by atoms with Gasteiger partial charge in [0.25, 0.3) is 0 Å². The van der Waals surface area contributed by atoms with Crippen molar-refractivity contribution in [3.63, 3.8) is 0 Å². The van der Waals surface area contributed by atoms with E-state index in [9.17, 15) is 18.7 Å². The smallest absolute Gasteiger partial charge is 0.387 e. The van der Waals surface area contributed by atoms with Crippen LogP contribution in [-0.2, 0) is 4.79 Å². The van der Waals surface area contributed by atoms with Crippen molar-refractivity contribution in [3.8, 4) is 5.75 Å². The summed E-state index contributed by atoms with van der Waals surface area (Å²) in [6.45, 7) is 1.07. The molecule has 0 aliphatic carbocycles. The molecule has 4 nitrogen and oxygen atoms in total. The number of hydrogen-bond donors (Lipinski definition) is 2. The minimum Gasteiger partial charge on any atom is -0.435 e. The lowest BCUT2D eigenvalue weighted by Gasteiger charge is -2.13. The van der Waals surface area contributed by atoms with E-state index >= 15 is 0 Å². The van der Waals surface area contributed by atoms with Gasteiger partial charge in [0.2, 0.25) is 5.91 Å². The van der Waals surface area contributed by atoms with Crippen molar-refractivity contribution in [2.45, 2.75) is 33.0 Å². The summed E-state index contributed by atoms with van der Waals surface area (Å²) in [5, 5.41) is 12.5. The number of ether oxygens (including phenoxy) is 1. The molecule has 0 saturated heterocycles. The number of nitrogens with one attached hydrogen (secondary N) is 1. The summed E-state index contributed by atoms with van der Waals surface area (Å²) in [4.78, 5) is 11.4. The molecule has 0 aliphatic rings. The fraction of sp³-hybridized carbons (Fsp3) is 0.500. The largest absolute Gasteiger partial charge is 0.435 e. The fourth-order valence-electron chi connectivity index (χ4n) is 1.64. The Hall–Kier alpha value is -1.69. The Morgan fingerprint density at radius 3 is 2.40 bits per heavy atom. The Kier molecular flexibility index (Phi) is 6.38. The SMILES string of the molecule is CC(C)CC(=O)NCC(O)c1ccc(OC(F)F)cc1. The number of rotatable bonds is 7. The summed E-state index contributed by atoms with van der Waals surface area (Å²) in [7, 11) is 0. The summed E-state index contributed by atoms with van der Waals surface area (Å²) < 4.78 is 28.2. The summed E-state index contributed by atoms with van der Waals surface area (Å²) in [5.41, 5.74) is 0.525. The Morgan fingerprint density at radius 1 is 1.30 bits per heavy atom. The van der Waals surface area contributed by atoms with Crippen molar-refractivity contribution in [3.05, 3.63) is 29.8 Å². The monoisotopic (exact) mass is 287 g/mol. The Labute approximate surface area is 116 Å². The first-order valence-corrected chi connectivity index (χ1v) is 6.38. The number of benzene rings is 1. The van der Waals surface area contributed by atoms with Gasteiger partial charge in [-0.2, -0.15) is 8.78 Å². The summed E-state index contributed by atoms with van der Waals surface area (Å²) in [6, 6.07) is 5.66. The highest BCUT2D eigenvalue weighted by molar-refractivity contribution is 5.76. The third kappa shape index (κ3) is 5.97. The number of carbonyl (C=O) groups excluding carboxylic acids is 1. The Bertz CT molecular complexity index is 421. The van der Waals surface area contributed by atoms with Crippen LogP contribution in [0.2, 0.25) is 0 Å².